The number of rotatable bonds is 23. The number of phosphoric acid groups is 2. The molecule has 0 aliphatic carbocycles. The first-order valence-electron chi connectivity index (χ1n) is 19.0. The Morgan fingerprint density at radius 1 is 0.694 bits per heavy atom. The van der Waals surface area contributed by atoms with Gasteiger partial charge in [0.2, 0.25) is 29.5 Å². The number of benzene rings is 3. The number of aromatic amines is 1. The Hall–Kier alpha value is -5.92. The van der Waals surface area contributed by atoms with Gasteiger partial charge in [-0.3, -0.25) is 43.5 Å². The van der Waals surface area contributed by atoms with Crippen molar-refractivity contribution in [3.05, 3.63) is 95.7 Å². The van der Waals surface area contributed by atoms with Crippen LogP contribution in [0.5, 0.6) is 11.5 Å². The van der Waals surface area contributed by atoms with Gasteiger partial charge in [-0.05, 0) is 59.4 Å². The van der Waals surface area contributed by atoms with Gasteiger partial charge >= 0.3 is 15.6 Å². The maximum atomic E-state index is 14.3. The molecule has 62 heavy (non-hydrogen) atoms. The Balaban J connectivity index is 1.66. The highest BCUT2D eigenvalue weighted by Gasteiger charge is 2.32. The summed E-state index contributed by atoms with van der Waals surface area (Å²) >= 11 is 0. The van der Waals surface area contributed by atoms with Gasteiger partial charge in [-0.2, -0.15) is 0 Å². The van der Waals surface area contributed by atoms with Crippen LogP contribution < -0.4 is 41.8 Å². The van der Waals surface area contributed by atoms with Gasteiger partial charge in [-0.15, -0.1) is 0 Å². The van der Waals surface area contributed by atoms with Crippen LogP contribution in [-0.2, 0) is 57.2 Å². The number of carbonyl (C=O) groups is 6. The van der Waals surface area contributed by atoms with Crippen molar-refractivity contribution in [2.45, 2.75) is 76.2 Å². The predicted molar refractivity (Wildman–Crippen MR) is 223 cm³/mol. The largest absolute Gasteiger partial charge is 0.524 e. The highest BCUT2D eigenvalue weighted by Crippen LogP contribution is 2.38. The number of nitrogens with one attached hydrogen (secondary N) is 5. The van der Waals surface area contributed by atoms with E-state index in [0.717, 1.165) is 16.5 Å². The number of amides is 5. The van der Waals surface area contributed by atoms with Gasteiger partial charge in [0.05, 0.1) is 18.5 Å². The molecule has 334 valence electrons. The van der Waals surface area contributed by atoms with E-state index in [9.17, 15) is 57.5 Å². The Morgan fingerprint density at radius 3 is 1.63 bits per heavy atom. The normalized spacial score (nSPS) is 14.1. The second-order valence-electron chi connectivity index (χ2n) is 14.8. The molecule has 4 rings (SSSR count). The molecule has 3 aromatic carbocycles. The van der Waals surface area contributed by atoms with E-state index in [1.807, 2.05) is 24.3 Å². The summed E-state index contributed by atoms with van der Waals surface area (Å²) in [6.45, 7) is 3.53. The van der Waals surface area contributed by atoms with E-state index in [2.05, 4.69) is 35.3 Å². The number of fused-ring (bicyclic) bond motifs is 1. The number of aromatic nitrogens is 1. The highest BCUT2D eigenvalue weighted by atomic mass is 31.2. The van der Waals surface area contributed by atoms with Gasteiger partial charge in [0, 0.05) is 36.4 Å². The number of carbonyl (C=O) groups excluding carboxylic acids is 6. The van der Waals surface area contributed by atoms with Crippen LogP contribution in [0.15, 0.2) is 79.0 Å². The lowest BCUT2D eigenvalue weighted by molar-refractivity contribution is -0.134. The van der Waals surface area contributed by atoms with E-state index >= 15 is 0 Å². The van der Waals surface area contributed by atoms with Crippen molar-refractivity contribution in [2.24, 2.45) is 17.4 Å². The van der Waals surface area contributed by atoms with Crippen molar-refractivity contribution < 1.29 is 66.5 Å². The molecule has 0 bridgehead atoms. The lowest BCUT2D eigenvalue weighted by Crippen LogP contribution is -2.59. The Morgan fingerprint density at radius 2 is 1.16 bits per heavy atom. The predicted octanol–water partition coefficient (Wildman–Crippen LogP) is 0.526. The number of phosphoric ester groups is 2. The van der Waals surface area contributed by atoms with Crippen LogP contribution in [0.2, 0.25) is 0 Å². The van der Waals surface area contributed by atoms with Crippen LogP contribution >= 0.6 is 15.6 Å². The van der Waals surface area contributed by atoms with Crippen LogP contribution in [0.25, 0.3) is 10.9 Å². The number of para-hydroxylation sites is 1. The van der Waals surface area contributed by atoms with Crippen molar-refractivity contribution >= 4 is 62.4 Å². The maximum Gasteiger partial charge on any atom is 0.524 e. The van der Waals surface area contributed by atoms with Crippen molar-refractivity contribution in [1.82, 2.24) is 26.3 Å². The molecular formula is C39H49N7O14P2. The fourth-order valence-electron chi connectivity index (χ4n) is 6.33. The Kier molecular flexibility index (Phi) is 17.1. The number of nitrogens with two attached hydrogens (primary N) is 2. The van der Waals surface area contributed by atoms with E-state index < -0.39 is 81.8 Å². The number of primary amides is 1. The molecule has 0 fully saturated rings. The van der Waals surface area contributed by atoms with Gasteiger partial charge in [0.25, 0.3) is 0 Å². The third-order valence-corrected chi connectivity index (χ3v) is 10.0. The minimum absolute atomic E-state index is 0.0554. The SMILES string of the molecule is CC(C)C[C@H](NC(=O)[C@@H](N)CC(N)=O)C(=O)N[C@@H](Cc1ccc(OP(=O)(O)O)cc1)C(=O)N[C@@H](Cc1ccc(OP(=O)(O)O)cc1)C(=O)N[C@H](C=O)Cc1c[nH]c2ccccc12. The van der Waals surface area contributed by atoms with Crippen LogP contribution in [0.3, 0.4) is 0 Å². The summed E-state index contributed by atoms with van der Waals surface area (Å²) in [5, 5.41) is 11.2. The minimum atomic E-state index is -4.92. The van der Waals surface area contributed by atoms with Gasteiger partial charge < -0.3 is 51.6 Å². The van der Waals surface area contributed by atoms with Crippen LogP contribution in [0.1, 0.15) is 43.4 Å². The molecule has 0 unspecified atom stereocenters. The zero-order chi connectivity index (χ0) is 45.8. The highest BCUT2D eigenvalue weighted by molar-refractivity contribution is 7.47. The van der Waals surface area contributed by atoms with Crippen molar-refractivity contribution in [3.8, 4) is 11.5 Å². The van der Waals surface area contributed by atoms with E-state index in [1.165, 1.54) is 48.5 Å². The summed E-state index contributed by atoms with van der Waals surface area (Å²) in [5.41, 5.74) is 13.2. The van der Waals surface area contributed by atoms with Crippen molar-refractivity contribution in [3.63, 3.8) is 0 Å². The molecule has 5 amide bonds. The molecule has 21 nitrogen and oxygen atoms in total. The summed E-state index contributed by atoms with van der Waals surface area (Å²) in [7, 11) is -9.82. The number of H-pyrrole nitrogens is 1. The average Bonchev–Trinajstić information content (AvgIpc) is 3.59. The molecule has 0 radical (unpaired) electrons. The molecule has 0 saturated carbocycles. The molecule has 0 saturated heterocycles. The lowest BCUT2D eigenvalue weighted by Gasteiger charge is -2.27. The molecule has 23 heteroatoms. The summed E-state index contributed by atoms with van der Waals surface area (Å²) in [4.78, 5) is 119. The van der Waals surface area contributed by atoms with Crippen LogP contribution in [0.4, 0.5) is 0 Å². The quantitative estimate of drug-likeness (QED) is 0.0357. The number of hydrogen-bond acceptors (Lipinski definition) is 11. The minimum Gasteiger partial charge on any atom is -0.404 e. The first-order valence-corrected chi connectivity index (χ1v) is 22.1. The van der Waals surface area contributed by atoms with Gasteiger partial charge in [0.15, 0.2) is 0 Å². The zero-order valence-electron chi connectivity index (χ0n) is 33.5. The maximum absolute atomic E-state index is 14.3. The third kappa shape index (κ3) is 15.8. The van der Waals surface area contributed by atoms with E-state index in [1.54, 1.807) is 20.0 Å². The van der Waals surface area contributed by atoms with Gasteiger partial charge in [-0.25, -0.2) is 9.13 Å². The summed E-state index contributed by atoms with van der Waals surface area (Å²) in [6, 6.07) is 11.1. The zero-order valence-corrected chi connectivity index (χ0v) is 35.3. The fourth-order valence-corrected chi connectivity index (χ4v) is 7.12. The topological polar surface area (TPSA) is 352 Å². The van der Waals surface area contributed by atoms with Crippen molar-refractivity contribution in [1.29, 1.82) is 0 Å². The molecule has 0 spiro atoms. The van der Waals surface area contributed by atoms with E-state index in [0.29, 0.717) is 17.4 Å². The first kappa shape index (κ1) is 48.7. The fraction of sp³-hybridized carbons (Fsp3) is 0.333. The van der Waals surface area contributed by atoms with Gasteiger partial charge in [-0.1, -0.05) is 56.3 Å². The Labute approximate surface area is 355 Å². The van der Waals surface area contributed by atoms with E-state index in [-0.39, 0.29) is 43.1 Å². The molecule has 1 heterocycles. The smallest absolute Gasteiger partial charge is 0.404 e. The summed E-state index contributed by atoms with van der Waals surface area (Å²) < 4.78 is 32.0. The number of hydrogen-bond donors (Lipinski definition) is 11. The second-order valence-corrected chi connectivity index (χ2v) is 17.1. The van der Waals surface area contributed by atoms with Crippen LogP contribution in [-0.4, -0.2) is 90.6 Å². The third-order valence-electron chi connectivity index (χ3n) is 9.15. The molecule has 4 aromatic rings. The van der Waals surface area contributed by atoms with Crippen LogP contribution in [0, 0.1) is 5.92 Å². The summed E-state index contributed by atoms with van der Waals surface area (Å²) in [5.74, 6) is -4.88. The molecule has 0 aliphatic rings. The summed E-state index contributed by atoms with van der Waals surface area (Å²) in [6.07, 6.45) is 1.33. The lowest BCUT2D eigenvalue weighted by atomic mass is 9.99. The van der Waals surface area contributed by atoms with E-state index in [4.69, 9.17) is 11.5 Å². The Bertz CT molecular complexity index is 2310. The molecule has 0 aliphatic heterocycles. The second kappa shape index (κ2) is 21.7. The molecule has 13 N–H and O–H groups in total. The molecule has 5 atom stereocenters. The van der Waals surface area contributed by atoms with Crippen molar-refractivity contribution in [2.75, 3.05) is 0 Å². The molecule has 1 aromatic heterocycles. The monoisotopic (exact) mass is 901 g/mol. The first-order chi connectivity index (χ1) is 29.1. The van der Waals surface area contributed by atoms with Gasteiger partial charge in [0.1, 0.15) is 35.9 Å². The molecular weight excluding hydrogens is 852 g/mol. The standard InChI is InChI=1S/C39H49N7O14P2/c1-22(2)15-32(44-36(49)30(40)19-35(41)48)38(51)46-34(17-24-9-13-28(14-10-24)60-62(56,57)58)39(52)45-33(16-23-7-11-27(12-8-23)59-61(53,54)55)37(50)43-26(21-47)18-25-20-42-31-6-4-3-5-29(25)31/h3-14,20-22,26,30,32-34,42H,15-19,40H2,1-2H3,(H2,41,48)(H,43,50)(H,44,49)(H,45,52)(H,46,51)(H2,53,54,55)(H2,56,57,58)/t26-,30-,32-,33-,34-/m0/s1. The average molecular weight is 902 g/mol. The number of aldehydes is 1.